The first-order valence-corrected chi connectivity index (χ1v) is 25.5. The van der Waals surface area contributed by atoms with Gasteiger partial charge < -0.3 is 18.6 Å². The summed E-state index contributed by atoms with van der Waals surface area (Å²) in [6.07, 6.45) is 15.0. The summed E-state index contributed by atoms with van der Waals surface area (Å²) in [4.78, 5) is 2.07. The van der Waals surface area contributed by atoms with Gasteiger partial charge in [-0.05, 0) is 116 Å². The van der Waals surface area contributed by atoms with Crippen LogP contribution in [0.15, 0.2) is 117 Å². The molecule has 2 N–H and O–H groups in total. The van der Waals surface area contributed by atoms with Crippen molar-refractivity contribution in [1.82, 2.24) is 0 Å². The van der Waals surface area contributed by atoms with E-state index in [1.807, 2.05) is 24.3 Å². The molecule has 346 valence electrons. The molecule has 64 heavy (non-hydrogen) atoms. The average molecular weight is 916 g/mol. The van der Waals surface area contributed by atoms with Crippen LogP contribution >= 0.6 is 0 Å². The van der Waals surface area contributed by atoms with E-state index in [0.717, 1.165) is 137 Å². The number of benzene rings is 3. The highest BCUT2D eigenvalue weighted by Crippen LogP contribution is 2.49. The maximum absolute atomic E-state index is 12.3. The van der Waals surface area contributed by atoms with E-state index in [2.05, 4.69) is 123 Å². The normalized spacial score (nSPS) is 19.0. The second kappa shape index (κ2) is 18.5. The number of fused-ring (bicyclic) bond motifs is 2. The second-order valence-corrected chi connectivity index (χ2v) is 23.6. The Morgan fingerprint density at radius 2 is 1.36 bits per heavy atom. The van der Waals surface area contributed by atoms with Crippen molar-refractivity contribution in [3.8, 4) is 5.75 Å². The summed E-state index contributed by atoms with van der Waals surface area (Å²) in [5.74, 6) is 1.54. The van der Waals surface area contributed by atoms with Crippen molar-refractivity contribution in [1.29, 1.82) is 0 Å². The summed E-state index contributed by atoms with van der Waals surface area (Å²) < 4.78 is 80.2. The quantitative estimate of drug-likeness (QED) is 0.0781. The van der Waals surface area contributed by atoms with Crippen LogP contribution in [0.25, 0.3) is 0 Å². The maximum Gasteiger partial charge on any atom is 0.294 e. The third-order valence-electron chi connectivity index (χ3n) is 12.8. The number of quaternary nitrogens is 2. The number of aryl methyl sites for hydroxylation is 1. The van der Waals surface area contributed by atoms with Gasteiger partial charge in [0.1, 0.15) is 11.5 Å². The predicted octanol–water partition coefficient (Wildman–Crippen LogP) is 9.38. The Morgan fingerprint density at radius 3 is 1.97 bits per heavy atom. The molecule has 11 nitrogen and oxygen atoms in total. The molecule has 0 radical (unpaired) electrons. The van der Waals surface area contributed by atoms with Crippen molar-refractivity contribution >= 4 is 37.3 Å². The lowest BCUT2D eigenvalue weighted by atomic mass is 9.81. The van der Waals surface area contributed by atoms with E-state index in [1.54, 1.807) is 12.1 Å². The fourth-order valence-corrected chi connectivity index (χ4v) is 10.4. The molecule has 0 aromatic heterocycles. The number of hydrogen-bond donors (Lipinski definition) is 2. The molecule has 3 aromatic rings. The Bertz CT molecular complexity index is 2640. The van der Waals surface area contributed by atoms with E-state index >= 15 is 0 Å². The fraction of sp³-hybridized carbons (Fsp3) is 0.471. The lowest BCUT2D eigenvalue weighted by Gasteiger charge is -2.29. The molecule has 13 heteroatoms. The lowest BCUT2D eigenvalue weighted by Crippen LogP contribution is -2.37. The lowest BCUT2D eigenvalue weighted by molar-refractivity contribution is -0.871. The Kier molecular flexibility index (Phi) is 14.2. The first-order chi connectivity index (χ1) is 29.7. The predicted molar refractivity (Wildman–Crippen MR) is 258 cm³/mol. The molecule has 2 heterocycles. The van der Waals surface area contributed by atoms with Gasteiger partial charge in [-0.15, -0.1) is 0 Å². The minimum Gasteiger partial charge on any atom is -0.457 e. The Morgan fingerprint density at radius 1 is 0.750 bits per heavy atom. The van der Waals surface area contributed by atoms with Gasteiger partial charge >= 0.3 is 0 Å². The highest BCUT2D eigenvalue weighted by Gasteiger charge is 2.45. The monoisotopic (exact) mass is 915 g/mol. The minimum absolute atomic E-state index is 0.116. The van der Waals surface area contributed by atoms with Crippen LogP contribution in [0, 0.1) is 0 Å². The van der Waals surface area contributed by atoms with E-state index in [-0.39, 0.29) is 9.79 Å². The van der Waals surface area contributed by atoms with E-state index < -0.39 is 31.1 Å². The molecule has 2 aliphatic heterocycles. The molecular formula is C51H71N4O7S2+3. The Balaban J connectivity index is 1.48. The Hall–Kier alpha value is -4.37. The maximum atomic E-state index is 12.3. The molecule has 0 bridgehead atoms. The van der Waals surface area contributed by atoms with Crippen LogP contribution in [-0.4, -0.2) is 114 Å². The summed E-state index contributed by atoms with van der Waals surface area (Å²) in [5.41, 5.74) is 7.80. The van der Waals surface area contributed by atoms with E-state index in [4.69, 9.17) is 4.74 Å². The summed E-state index contributed by atoms with van der Waals surface area (Å²) in [6, 6.07) is 18.2. The second-order valence-electron chi connectivity index (χ2n) is 20.8. The SMILES string of the molecule is CCCc1ccc(OC2=C(/C=C/C3=[N+](CCC[N+](C)(C)C)c4ccc(S(=O)(=O)O)cc4C3(C)C)CCC/C2=C\C=C2\N(CCC[N+](C)(C)C)c3ccc(S(=O)(=O)O)cc3C2(C)C)cc1. The third kappa shape index (κ3) is 11.2. The molecule has 3 aromatic carbocycles. The zero-order valence-electron chi connectivity index (χ0n) is 39.9. The molecule has 0 unspecified atom stereocenters. The summed E-state index contributed by atoms with van der Waals surface area (Å²) in [7, 11) is 4.26. The van der Waals surface area contributed by atoms with Gasteiger partial charge in [0.25, 0.3) is 20.2 Å². The van der Waals surface area contributed by atoms with Crippen molar-refractivity contribution in [3.63, 3.8) is 0 Å². The van der Waals surface area contributed by atoms with E-state index in [9.17, 15) is 25.9 Å². The number of rotatable bonds is 17. The average Bonchev–Trinajstić information content (AvgIpc) is 3.53. The van der Waals surface area contributed by atoms with Crippen molar-refractivity contribution in [2.24, 2.45) is 0 Å². The standard InChI is InChI=1S/C51H69N4O7S2/c1-12-16-37-19-23-40(24-20-37)62-49-38(21-29-47-50(2,3)43-35-41(63(56,57)58)25-27-45(43)52(47)31-14-33-54(6,7)8)17-13-18-39(49)22-30-48-51(4,5)44-36-42(64(59,60)61)26-28-46(44)53(48)32-15-34-55(9,10)11/h19-30,35-36H,12-18,31-34H2,1-11H3/q+1/p+2. The highest BCUT2D eigenvalue weighted by atomic mass is 32.2. The van der Waals surface area contributed by atoms with Gasteiger partial charge in [0.15, 0.2) is 12.3 Å². The summed E-state index contributed by atoms with van der Waals surface area (Å²) in [6.45, 7) is 14.0. The molecule has 0 saturated heterocycles. The topological polar surface area (TPSA) is 124 Å². The number of ether oxygens (including phenoxy) is 1. The van der Waals surface area contributed by atoms with Crippen molar-refractivity contribution < 1.29 is 44.2 Å². The molecule has 3 aliphatic rings. The minimum atomic E-state index is -4.40. The van der Waals surface area contributed by atoms with Gasteiger partial charge in [0.05, 0.1) is 77.0 Å². The number of anilines is 1. The molecule has 1 aliphatic carbocycles. The van der Waals surface area contributed by atoms with Crippen LogP contribution < -0.4 is 9.64 Å². The molecule has 0 amide bonds. The van der Waals surface area contributed by atoms with Gasteiger partial charge in [-0.25, -0.2) is 0 Å². The van der Waals surface area contributed by atoms with E-state index in [0.29, 0.717) is 0 Å². The number of hydrogen-bond acceptors (Lipinski definition) is 6. The molecule has 0 fully saturated rings. The van der Waals surface area contributed by atoms with Gasteiger partial charge in [-0.1, -0.05) is 45.4 Å². The smallest absolute Gasteiger partial charge is 0.294 e. The van der Waals surface area contributed by atoms with Crippen LogP contribution in [0.4, 0.5) is 11.4 Å². The molecule has 6 rings (SSSR count). The van der Waals surface area contributed by atoms with Crippen LogP contribution in [0.3, 0.4) is 0 Å². The van der Waals surface area contributed by atoms with Gasteiger partial charge in [0, 0.05) is 47.5 Å². The zero-order chi connectivity index (χ0) is 47.0. The van der Waals surface area contributed by atoms with Gasteiger partial charge in [-0.3, -0.25) is 9.11 Å². The largest absolute Gasteiger partial charge is 0.457 e. The van der Waals surface area contributed by atoms with Crippen LogP contribution in [0.5, 0.6) is 5.75 Å². The molecular weight excluding hydrogens is 845 g/mol. The van der Waals surface area contributed by atoms with Crippen molar-refractivity contribution in [2.45, 2.75) is 100 Å². The molecule has 0 spiro atoms. The molecule has 0 saturated carbocycles. The zero-order valence-corrected chi connectivity index (χ0v) is 41.5. The summed E-state index contributed by atoms with van der Waals surface area (Å²) >= 11 is 0. The number of allylic oxidation sites excluding steroid dienone is 7. The van der Waals surface area contributed by atoms with Crippen LogP contribution in [-0.2, 0) is 37.5 Å². The van der Waals surface area contributed by atoms with Gasteiger partial charge in [0.2, 0.25) is 5.69 Å². The first-order valence-electron chi connectivity index (χ1n) is 22.6. The Labute approximate surface area is 383 Å². The van der Waals surface area contributed by atoms with Crippen LogP contribution in [0.1, 0.15) is 89.8 Å². The van der Waals surface area contributed by atoms with Crippen molar-refractivity contribution in [2.75, 3.05) is 73.4 Å². The van der Waals surface area contributed by atoms with Crippen molar-refractivity contribution in [3.05, 3.63) is 124 Å². The number of nitrogens with zero attached hydrogens (tertiary/aromatic N) is 4. The highest BCUT2D eigenvalue weighted by molar-refractivity contribution is 7.86. The van der Waals surface area contributed by atoms with Crippen LogP contribution in [0.2, 0.25) is 0 Å². The summed E-state index contributed by atoms with van der Waals surface area (Å²) in [5, 5.41) is 0. The first kappa shape index (κ1) is 49.1. The third-order valence-corrected chi connectivity index (χ3v) is 14.5. The van der Waals surface area contributed by atoms with E-state index in [1.165, 1.54) is 17.7 Å². The fourth-order valence-electron chi connectivity index (χ4n) is 9.36. The van der Waals surface area contributed by atoms with Gasteiger partial charge in [-0.2, -0.15) is 21.4 Å². The molecule has 0 atom stereocenters.